The van der Waals surface area contributed by atoms with Gasteiger partial charge < -0.3 is 4.74 Å². The van der Waals surface area contributed by atoms with Crippen LogP contribution in [-0.4, -0.2) is 38.3 Å². The highest BCUT2D eigenvalue weighted by Gasteiger charge is 2.32. The highest BCUT2D eigenvalue weighted by Crippen LogP contribution is 2.41. The predicted octanol–water partition coefficient (Wildman–Crippen LogP) is 1.12. The number of nitrogens with zero attached hydrogens (tertiary/aromatic N) is 1. The summed E-state index contributed by atoms with van der Waals surface area (Å²) in [5.41, 5.74) is 2.34. The van der Waals surface area contributed by atoms with Crippen LogP contribution >= 0.6 is 11.3 Å². The lowest BCUT2D eigenvalue weighted by molar-refractivity contribution is 0.0984. The van der Waals surface area contributed by atoms with Crippen molar-refractivity contribution in [1.82, 2.24) is 9.71 Å². The Hall–Kier alpha value is -0.990. The summed E-state index contributed by atoms with van der Waals surface area (Å²) in [7, 11) is -3.61. The first kappa shape index (κ1) is 14.0. The zero-order valence-corrected chi connectivity index (χ0v) is 12.5. The fourth-order valence-corrected chi connectivity index (χ4v) is 4.51. The summed E-state index contributed by atoms with van der Waals surface area (Å²) < 4.78 is 31.3. The molecule has 3 rings (SSSR count). The molecule has 1 saturated carbocycles. The number of thiazole rings is 1. The Kier molecular flexibility index (Phi) is 3.78. The fraction of sp³-hybridized carbons (Fsp3) is 0.667. The van der Waals surface area contributed by atoms with E-state index in [1.165, 1.54) is 11.3 Å². The molecule has 2 aliphatic rings. The van der Waals surface area contributed by atoms with E-state index in [0.29, 0.717) is 24.0 Å². The van der Waals surface area contributed by atoms with Crippen LogP contribution in [0.3, 0.4) is 0 Å². The van der Waals surface area contributed by atoms with Gasteiger partial charge in [0.2, 0.25) is 10.0 Å². The Morgan fingerprint density at radius 1 is 1.45 bits per heavy atom. The molecule has 1 saturated heterocycles. The van der Waals surface area contributed by atoms with Crippen molar-refractivity contribution in [3.05, 3.63) is 16.1 Å². The highest BCUT2D eigenvalue weighted by atomic mass is 32.2. The summed E-state index contributed by atoms with van der Waals surface area (Å²) in [5.74, 6) is -0.304. The summed E-state index contributed by atoms with van der Waals surface area (Å²) in [6.07, 6.45) is 2.77. The van der Waals surface area contributed by atoms with Crippen molar-refractivity contribution in [2.24, 2.45) is 5.92 Å². The lowest BCUT2D eigenvalue weighted by Gasteiger charge is -2.10. The first-order valence-corrected chi connectivity index (χ1v) is 9.14. The maximum atomic E-state index is 12.1. The van der Waals surface area contributed by atoms with E-state index >= 15 is 0 Å². The van der Waals surface area contributed by atoms with Crippen LogP contribution in [0.4, 0.5) is 0 Å². The second kappa shape index (κ2) is 5.42. The smallest absolute Gasteiger partial charge is 0.276 e. The first-order valence-electron chi connectivity index (χ1n) is 6.61. The molecule has 1 amide bonds. The fourth-order valence-electron chi connectivity index (χ4n) is 2.33. The molecule has 1 aromatic rings. The minimum atomic E-state index is -3.61. The van der Waals surface area contributed by atoms with Gasteiger partial charge >= 0.3 is 0 Å². The zero-order valence-electron chi connectivity index (χ0n) is 10.9. The quantitative estimate of drug-likeness (QED) is 0.880. The molecule has 1 aromatic heterocycles. The number of hydrogen-bond donors (Lipinski definition) is 1. The van der Waals surface area contributed by atoms with E-state index in [1.54, 1.807) is 5.51 Å². The minimum absolute atomic E-state index is 0.0235. The molecule has 20 heavy (non-hydrogen) atoms. The average molecular weight is 316 g/mol. The third-order valence-corrected chi connectivity index (χ3v) is 5.74. The lowest BCUT2D eigenvalue weighted by Crippen LogP contribution is -2.35. The largest absolute Gasteiger partial charge is 0.381 e. The van der Waals surface area contributed by atoms with Gasteiger partial charge in [-0.1, -0.05) is 0 Å². The third kappa shape index (κ3) is 3.18. The van der Waals surface area contributed by atoms with Gasteiger partial charge in [0, 0.05) is 18.4 Å². The highest BCUT2D eigenvalue weighted by molar-refractivity contribution is 7.90. The van der Waals surface area contributed by atoms with Gasteiger partial charge in [-0.05, 0) is 19.3 Å². The first-order chi connectivity index (χ1) is 9.55. The van der Waals surface area contributed by atoms with E-state index < -0.39 is 15.9 Å². The van der Waals surface area contributed by atoms with E-state index in [2.05, 4.69) is 9.71 Å². The van der Waals surface area contributed by atoms with Crippen molar-refractivity contribution in [2.45, 2.75) is 25.2 Å². The zero-order chi connectivity index (χ0) is 14.2. The van der Waals surface area contributed by atoms with Crippen molar-refractivity contribution in [2.75, 3.05) is 19.0 Å². The topological polar surface area (TPSA) is 85.4 Å². The number of sulfonamides is 1. The Morgan fingerprint density at radius 2 is 2.25 bits per heavy atom. The Balaban J connectivity index is 1.66. The molecular weight excluding hydrogens is 300 g/mol. The lowest BCUT2D eigenvalue weighted by atomic mass is 10.2. The maximum Gasteiger partial charge on any atom is 0.276 e. The molecule has 1 aliphatic carbocycles. The summed E-state index contributed by atoms with van der Waals surface area (Å²) in [6, 6.07) is 0. The summed E-state index contributed by atoms with van der Waals surface area (Å²) in [4.78, 5) is 16.7. The number of hydrogen-bond acceptors (Lipinski definition) is 6. The second-order valence-corrected chi connectivity index (χ2v) is 7.90. The van der Waals surface area contributed by atoms with Gasteiger partial charge in [0.05, 0.1) is 23.6 Å². The maximum absolute atomic E-state index is 12.1. The molecular formula is C12H16N2O4S2. The van der Waals surface area contributed by atoms with Crippen molar-refractivity contribution >= 4 is 27.3 Å². The van der Waals surface area contributed by atoms with Crippen LogP contribution in [-0.2, 0) is 14.8 Å². The van der Waals surface area contributed by atoms with Crippen molar-refractivity contribution in [3.63, 3.8) is 0 Å². The number of ether oxygens (including phenoxy) is 1. The van der Waals surface area contributed by atoms with Crippen LogP contribution in [0.1, 0.15) is 40.5 Å². The average Bonchev–Trinajstić information content (AvgIpc) is 2.89. The van der Waals surface area contributed by atoms with Crippen LogP contribution in [0, 0.1) is 5.92 Å². The number of carbonyl (C=O) groups is 1. The molecule has 0 spiro atoms. The number of carbonyl (C=O) groups excluding carboxylic acids is 1. The molecule has 1 unspecified atom stereocenters. The van der Waals surface area contributed by atoms with E-state index in [0.717, 1.165) is 25.0 Å². The van der Waals surface area contributed by atoms with E-state index in [9.17, 15) is 13.2 Å². The summed E-state index contributed by atoms with van der Waals surface area (Å²) in [5, 5.41) is 0. The third-order valence-electron chi connectivity index (χ3n) is 3.49. The number of amides is 1. The van der Waals surface area contributed by atoms with Gasteiger partial charge in [0.15, 0.2) is 0 Å². The van der Waals surface area contributed by atoms with Crippen LogP contribution in [0.5, 0.6) is 0 Å². The Bertz CT molecular complexity index is 601. The van der Waals surface area contributed by atoms with E-state index in [-0.39, 0.29) is 11.7 Å². The van der Waals surface area contributed by atoms with Crippen LogP contribution in [0.25, 0.3) is 0 Å². The van der Waals surface area contributed by atoms with Crippen molar-refractivity contribution in [1.29, 1.82) is 0 Å². The Labute approximate surface area is 121 Å². The summed E-state index contributed by atoms with van der Waals surface area (Å²) >= 11 is 1.20. The number of aromatic nitrogens is 1. The predicted molar refractivity (Wildman–Crippen MR) is 74.3 cm³/mol. The molecule has 0 bridgehead atoms. The standard InChI is InChI=1S/C12H16N2O4S2/c15-12(11-10(9-1-2-9)13-7-19-11)14-20(16,17)6-8-3-4-18-5-8/h7-9H,1-6H2,(H,14,15). The second-order valence-electron chi connectivity index (χ2n) is 5.28. The van der Waals surface area contributed by atoms with Gasteiger partial charge in [0.25, 0.3) is 5.91 Å². The molecule has 2 fully saturated rings. The van der Waals surface area contributed by atoms with Crippen molar-refractivity contribution in [3.8, 4) is 0 Å². The van der Waals surface area contributed by atoms with Gasteiger partial charge in [-0.15, -0.1) is 11.3 Å². The van der Waals surface area contributed by atoms with Gasteiger partial charge in [-0.2, -0.15) is 0 Å². The van der Waals surface area contributed by atoms with Gasteiger partial charge in [0.1, 0.15) is 4.88 Å². The van der Waals surface area contributed by atoms with Crippen LogP contribution < -0.4 is 4.72 Å². The molecule has 6 nitrogen and oxygen atoms in total. The molecule has 8 heteroatoms. The molecule has 1 aliphatic heterocycles. The minimum Gasteiger partial charge on any atom is -0.381 e. The molecule has 0 radical (unpaired) electrons. The molecule has 110 valence electrons. The van der Waals surface area contributed by atoms with Crippen LogP contribution in [0.15, 0.2) is 5.51 Å². The van der Waals surface area contributed by atoms with Gasteiger partial charge in [-0.25, -0.2) is 18.1 Å². The molecule has 2 heterocycles. The monoisotopic (exact) mass is 316 g/mol. The number of rotatable bonds is 5. The van der Waals surface area contributed by atoms with E-state index in [1.807, 2.05) is 0 Å². The van der Waals surface area contributed by atoms with Gasteiger partial charge in [-0.3, -0.25) is 4.79 Å². The van der Waals surface area contributed by atoms with Crippen molar-refractivity contribution < 1.29 is 17.9 Å². The Morgan fingerprint density at radius 3 is 2.90 bits per heavy atom. The SMILES string of the molecule is O=C(NS(=O)(=O)CC1CCOC1)c1scnc1C1CC1. The molecule has 1 atom stereocenters. The summed E-state index contributed by atoms with van der Waals surface area (Å²) in [6.45, 7) is 1.04. The number of nitrogens with one attached hydrogen (secondary N) is 1. The van der Waals surface area contributed by atoms with E-state index in [4.69, 9.17) is 4.74 Å². The molecule has 0 aromatic carbocycles. The molecule has 1 N–H and O–H groups in total. The normalized spacial score (nSPS) is 22.9. The van der Waals surface area contributed by atoms with Crippen LogP contribution in [0.2, 0.25) is 0 Å².